The molecule has 0 radical (unpaired) electrons. The summed E-state index contributed by atoms with van der Waals surface area (Å²) in [6.45, 7) is 0. The Morgan fingerprint density at radius 3 is 1.72 bits per heavy atom. The molecular weight excluding hydrogens is 686 g/mol. The van der Waals surface area contributed by atoms with Crippen LogP contribution in [0.4, 0.5) is 22.7 Å². The van der Waals surface area contributed by atoms with Gasteiger partial charge in [-0.2, -0.15) is 0 Å². The lowest BCUT2D eigenvalue weighted by Crippen LogP contribution is -2.20. The highest BCUT2D eigenvalue weighted by molar-refractivity contribution is 8.13. The fourth-order valence-corrected chi connectivity index (χ4v) is 5.52. The summed E-state index contributed by atoms with van der Waals surface area (Å²) in [6, 6.07) is 9.23. The largest absolute Gasteiger partial charge is 0.465 e. The molecule has 0 atom stereocenters. The van der Waals surface area contributed by atoms with Crippen molar-refractivity contribution in [1.82, 2.24) is 4.72 Å². The molecule has 1 aliphatic rings. The van der Waals surface area contributed by atoms with Crippen molar-refractivity contribution >= 4 is 70.4 Å². The highest BCUT2D eigenvalue weighted by Crippen LogP contribution is 2.27. The van der Waals surface area contributed by atoms with Crippen molar-refractivity contribution in [3.05, 3.63) is 102 Å². The molecule has 0 unspecified atom stereocenters. The van der Waals surface area contributed by atoms with E-state index >= 15 is 0 Å². The van der Waals surface area contributed by atoms with Gasteiger partial charge in [0, 0.05) is 52.8 Å². The van der Waals surface area contributed by atoms with Crippen LogP contribution in [0.2, 0.25) is 0 Å². The lowest BCUT2D eigenvalue weighted by molar-refractivity contribution is -0.385. The SMILES string of the molecule is COC(=O)c1cc([N+](=O)[O-])ccc1N.COC(=O)c1cc([N+](=O)[O-])ccc1S(=O)(=O)Cl.O=C1NS(=O)(=O)c2ccc([N+](=O)[O-])cc21. The smallest absolute Gasteiger partial charge is 0.340 e. The normalized spacial score (nSPS) is 12.5. The van der Waals surface area contributed by atoms with Gasteiger partial charge in [0.1, 0.15) is 4.90 Å². The Morgan fingerprint density at radius 2 is 1.24 bits per heavy atom. The third-order valence-electron chi connectivity index (χ3n) is 5.43. The first-order valence-corrected chi connectivity index (χ1v) is 15.3. The zero-order valence-corrected chi connectivity index (χ0v) is 25.3. The van der Waals surface area contributed by atoms with Gasteiger partial charge in [-0.1, -0.05) is 0 Å². The van der Waals surface area contributed by atoms with Crippen LogP contribution in [-0.4, -0.2) is 63.7 Å². The van der Waals surface area contributed by atoms with Crippen molar-refractivity contribution in [2.24, 2.45) is 0 Å². The minimum absolute atomic E-state index is 0.00157. The molecule has 20 nitrogen and oxygen atoms in total. The third kappa shape index (κ3) is 8.67. The van der Waals surface area contributed by atoms with Crippen LogP contribution in [0.15, 0.2) is 64.4 Å². The van der Waals surface area contributed by atoms with Gasteiger partial charge in [0.2, 0.25) is 0 Å². The molecular formula is C23H18ClN5O15S2. The van der Waals surface area contributed by atoms with Gasteiger partial charge in [0.15, 0.2) is 0 Å². The first-order chi connectivity index (χ1) is 21.2. The minimum atomic E-state index is -4.18. The number of nitro groups is 3. The maximum Gasteiger partial charge on any atom is 0.340 e. The van der Waals surface area contributed by atoms with Crippen LogP contribution < -0.4 is 10.5 Å². The number of nitrogen functional groups attached to an aromatic ring is 1. The summed E-state index contributed by atoms with van der Waals surface area (Å²) in [5.41, 5.74) is 3.98. The Labute approximate surface area is 261 Å². The number of anilines is 1. The van der Waals surface area contributed by atoms with Gasteiger partial charge in [-0.25, -0.2) is 31.1 Å². The Hall–Kier alpha value is -5.74. The van der Waals surface area contributed by atoms with Crippen molar-refractivity contribution < 1.29 is 55.5 Å². The van der Waals surface area contributed by atoms with E-state index < -0.39 is 67.8 Å². The Balaban J connectivity index is 0.000000241. The van der Waals surface area contributed by atoms with Gasteiger partial charge in [0.25, 0.3) is 42.0 Å². The summed E-state index contributed by atoms with van der Waals surface area (Å²) in [4.78, 5) is 62.0. The molecule has 1 heterocycles. The van der Waals surface area contributed by atoms with Crippen LogP contribution in [0.1, 0.15) is 31.1 Å². The molecule has 244 valence electrons. The Morgan fingerprint density at radius 1 is 0.804 bits per heavy atom. The second-order valence-electron chi connectivity index (χ2n) is 8.26. The fourth-order valence-electron chi connectivity index (χ4n) is 3.33. The number of esters is 2. The molecule has 0 aromatic heterocycles. The predicted octanol–water partition coefficient (Wildman–Crippen LogP) is 2.30. The zero-order chi connectivity index (χ0) is 35.1. The van der Waals surface area contributed by atoms with Gasteiger partial charge in [0.05, 0.1) is 50.6 Å². The van der Waals surface area contributed by atoms with Crippen LogP contribution in [-0.2, 0) is 28.5 Å². The van der Waals surface area contributed by atoms with Gasteiger partial charge in [-0.05, 0) is 18.2 Å². The van der Waals surface area contributed by atoms with Crippen LogP contribution in [0.25, 0.3) is 0 Å². The number of sulfonamides is 1. The van der Waals surface area contributed by atoms with Crippen LogP contribution in [0, 0.1) is 30.3 Å². The summed E-state index contributed by atoms with van der Waals surface area (Å²) in [7, 11) is -0.710. The first-order valence-electron chi connectivity index (χ1n) is 11.5. The number of rotatable bonds is 6. The number of nitro benzene ring substituents is 3. The first kappa shape index (κ1) is 36.5. The molecule has 1 amide bonds. The van der Waals surface area contributed by atoms with Crippen LogP contribution in [0.3, 0.4) is 0 Å². The molecule has 0 bridgehead atoms. The average Bonchev–Trinajstić information content (AvgIpc) is 3.23. The number of benzene rings is 3. The summed E-state index contributed by atoms with van der Waals surface area (Å²) < 4.78 is 55.2. The van der Waals surface area contributed by atoms with Crippen molar-refractivity contribution in [1.29, 1.82) is 0 Å². The van der Waals surface area contributed by atoms with E-state index in [9.17, 15) is 61.6 Å². The second-order valence-corrected chi connectivity index (χ2v) is 12.4. The number of methoxy groups -OCH3 is 2. The molecule has 3 N–H and O–H groups in total. The number of non-ortho nitro benzene ring substituents is 3. The molecule has 23 heteroatoms. The van der Waals surface area contributed by atoms with Gasteiger partial charge >= 0.3 is 11.9 Å². The number of nitrogens with two attached hydrogens (primary N) is 1. The molecule has 0 fully saturated rings. The number of halogens is 1. The maximum absolute atomic E-state index is 11.3. The topological polar surface area (TPSA) is 305 Å². The molecule has 0 saturated carbocycles. The number of amides is 1. The number of ether oxygens (including phenoxy) is 2. The van der Waals surface area contributed by atoms with Gasteiger partial charge < -0.3 is 15.2 Å². The molecule has 3 aromatic carbocycles. The molecule has 0 spiro atoms. The highest BCUT2D eigenvalue weighted by atomic mass is 35.7. The van der Waals surface area contributed by atoms with Crippen molar-refractivity contribution in [3.63, 3.8) is 0 Å². The van der Waals surface area contributed by atoms with E-state index in [2.05, 4.69) is 9.47 Å². The lowest BCUT2D eigenvalue weighted by Gasteiger charge is -2.04. The quantitative estimate of drug-likeness (QED) is 0.122. The van der Waals surface area contributed by atoms with E-state index in [4.69, 9.17) is 16.4 Å². The Bertz CT molecular complexity index is 2000. The second kappa shape index (κ2) is 14.4. The standard InChI is InChI=1S/C8H6ClNO6S.C8H8N2O4.C7H4N2O5S/c1-16-8(11)6-4-5(10(12)13)2-3-7(6)17(9,14)15;1-14-8(11)6-4-5(10(12)13)2-3-7(6)9;10-7-5-3-4(9(11)12)1-2-6(5)15(13,14)8-7/h2-4H,1H3;2-4H,9H2,1H3;1-3H,(H,8,10). The molecule has 0 aliphatic carbocycles. The molecule has 3 aromatic rings. The molecule has 46 heavy (non-hydrogen) atoms. The van der Waals surface area contributed by atoms with Gasteiger partial charge in [-0.3, -0.25) is 35.1 Å². The number of nitrogens with one attached hydrogen (secondary N) is 1. The maximum atomic E-state index is 11.3. The number of hydrogen-bond acceptors (Lipinski definition) is 16. The van der Waals surface area contributed by atoms with Crippen molar-refractivity contribution in [2.45, 2.75) is 9.79 Å². The lowest BCUT2D eigenvalue weighted by atomic mass is 10.1. The summed E-state index contributed by atoms with van der Waals surface area (Å²) in [6.07, 6.45) is 0. The van der Waals surface area contributed by atoms with E-state index in [0.29, 0.717) is 0 Å². The number of carbonyl (C=O) groups excluding carboxylic acids is 3. The minimum Gasteiger partial charge on any atom is -0.465 e. The number of carbonyl (C=O) groups is 3. The van der Waals surface area contributed by atoms with E-state index in [0.717, 1.165) is 49.6 Å². The van der Waals surface area contributed by atoms with E-state index in [-0.39, 0.29) is 33.1 Å². The Kier molecular flexibility index (Phi) is 11.4. The molecule has 1 aliphatic heterocycles. The molecule has 4 rings (SSSR count). The van der Waals surface area contributed by atoms with Crippen molar-refractivity contribution in [2.75, 3.05) is 20.0 Å². The zero-order valence-electron chi connectivity index (χ0n) is 22.9. The summed E-state index contributed by atoms with van der Waals surface area (Å²) >= 11 is 0. The highest BCUT2D eigenvalue weighted by Gasteiger charge is 2.33. The van der Waals surface area contributed by atoms with E-state index in [1.54, 1.807) is 4.72 Å². The summed E-state index contributed by atoms with van der Waals surface area (Å²) in [5, 5.41) is 31.3. The number of nitrogens with zero attached hydrogens (tertiary/aromatic N) is 3. The van der Waals surface area contributed by atoms with Crippen molar-refractivity contribution in [3.8, 4) is 0 Å². The van der Waals surface area contributed by atoms with E-state index in [1.165, 1.54) is 19.2 Å². The van der Waals surface area contributed by atoms with Crippen LogP contribution in [0.5, 0.6) is 0 Å². The average molecular weight is 704 g/mol. The summed E-state index contributed by atoms with van der Waals surface area (Å²) in [5.74, 6) is -2.55. The molecule has 0 saturated heterocycles. The monoisotopic (exact) mass is 703 g/mol. The van der Waals surface area contributed by atoms with Gasteiger partial charge in [-0.15, -0.1) is 0 Å². The van der Waals surface area contributed by atoms with Crippen LogP contribution >= 0.6 is 10.7 Å². The third-order valence-corrected chi connectivity index (χ3v) is 8.20. The predicted molar refractivity (Wildman–Crippen MR) is 154 cm³/mol. The number of fused-ring (bicyclic) bond motifs is 1. The number of hydrogen-bond donors (Lipinski definition) is 2. The van der Waals surface area contributed by atoms with E-state index in [1.807, 2.05) is 0 Å². The fraction of sp³-hybridized carbons (Fsp3) is 0.0870.